The van der Waals surface area contributed by atoms with Gasteiger partial charge in [-0.25, -0.2) is 4.98 Å². The molecule has 0 radical (unpaired) electrons. The molecule has 3 N–H and O–H groups in total. The van der Waals surface area contributed by atoms with Crippen LogP contribution in [0.1, 0.15) is 20.9 Å². The lowest BCUT2D eigenvalue weighted by Gasteiger charge is -2.07. The fourth-order valence-electron chi connectivity index (χ4n) is 2.77. The van der Waals surface area contributed by atoms with E-state index in [0.717, 1.165) is 30.2 Å². The molecular weight excluding hydrogens is 406 g/mol. The fraction of sp³-hybridized carbons (Fsp3) is 0.350. The summed E-state index contributed by atoms with van der Waals surface area (Å²) in [5.41, 5.74) is 0.934. The van der Waals surface area contributed by atoms with Crippen LogP contribution >= 0.6 is 23.1 Å². The van der Waals surface area contributed by atoms with Crippen molar-refractivity contribution in [2.75, 3.05) is 31.7 Å². The largest absolute Gasteiger partial charge is 0.355 e. The van der Waals surface area contributed by atoms with Crippen LogP contribution in [0.2, 0.25) is 0 Å². The minimum Gasteiger partial charge on any atom is -0.355 e. The molecule has 9 heteroatoms. The topological polar surface area (TPSA) is 93.9 Å². The number of aromatic nitrogens is 3. The van der Waals surface area contributed by atoms with E-state index in [0.29, 0.717) is 17.9 Å². The zero-order valence-corrected chi connectivity index (χ0v) is 18.2. The lowest BCUT2D eigenvalue weighted by atomic mass is 10.1. The second kappa shape index (κ2) is 10.4. The number of hydrogen-bond acceptors (Lipinski definition) is 7. The molecule has 0 bridgehead atoms. The zero-order valence-electron chi connectivity index (χ0n) is 16.5. The molecule has 0 aromatic carbocycles. The molecule has 0 saturated heterocycles. The van der Waals surface area contributed by atoms with E-state index < -0.39 is 0 Å². The maximum Gasteiger partial charge on any atom is 0.255 e. The van der Waals surface area contributed by atoms with Crippen LogP contribution in [0.5, 0.6) is 0 Å². The van der Waals surface area contributed by atoms with Gasteiger partial charge in [-0.1, -0.05) is 0 Å². The number of aromatic amines is 2. The highest BCUT2D eigenvalue weighted by atomic mass is 32.2. The van der Waals surface area contributed by atoms with Crippen LogP contribution in [0.25, 0.3) is 0 Å². The first-order chi connectivity index (χ1) is 14.0. The summed E-state index contributed by atoms with van der Waals surface area (Å²) in [5, 5.41) is 3.16. The molecule has 3 heterocycles. The van der Waals surface area contributed by atoms with Gasteiger partial charge in [-0.3, -0.25) is 14.6 Å². The van der Waals surface area contributed by atoms with E-state index in [1.807, 2.05) is 23.1 Å². The summed E-state index contributed by atoms with van der Waals surface area (Å²) in [6.07, 6.45) is 3.51. The number of H-pyrrole nitrogens is 2. The lowest BCUT2D eigenvalue weighted by molar-refractivity contribution is 0.406. The van der Waals surface area contributed by atoms with Gasteiger partial charge in [0.2, 0.25) is 11.5 Å². The van der Waals surface area contributed by atoms with Gasteiger partial charge in [0, 0.05) is 64.8 Å². The molecule has 0 aliphatic rings. The van der Waals surface area contributed by atoms with Gasteiger partial charge in [0.25, 0.3) is 5.56 Å². The third kappa shape index (κ3) is 6.88. The quantitative estimate of drug-likeness (QED) is 0.427. The molecule has 7 nitrogen and oxygen atoms in total. The van der Waals surface area contributed by atoms with Crippen molar-refractivity contribution in [1.29, 1.82) is 0 Å². The van der Waals surface area contributed by atoms with Gasteiger partial charge < -0.3 is 15.2 Å². The summed E-state index contributed by atoms with van der Waals surface area (Å²) in [5.74, 6) is 2.37. The van der Waals surface area contributed by atoms with Crippen molar-refractivity contribution < 1.29 is 0 Å². The molecule has 0 aliphatic heterocycles. The molecule has 3 aromatic rings. The van der Waals surface area contributed by atoms with Crippen molar-refractivity contribution in [3.8, 4) is 0 Å². The third-order valence-electron chi connectivity index (χ3n) is 4.08. The summed E-state index contributed by atoms with van der Waals surface area (Å²) in [4.78, 5) is 38.1. The predicted octanol–water partition coefficient (Wildman–Crippen LogP) is 2.52. The van der Waals surface area contributed by atoms with E-state index in [2.05, 4.69) is 51.4 Å². The minimum atomic E-state index is -0.192. The third-order valence-corrected chi connectivity index (χ3v) is 6.34. The number of rotatable bonds is 10. The Bertz CT molecular complexity index is 1040. The molecule has 0 fully saturated rings. The monoisotopic (exact) mass is 431 g/mol. The molecule has 0 spiro atoms. The summed E-state index contributed by atoms with van der Waals surface area (Å²) in [7, 11) is 4.15. The lowest BCUT2D eigenvalue weighted by Crippen LogP contribution is -2.18. The highest BCUT2D eigenvalue weighted by Gasteiger charge is 2.05. The molecule has 0 amide bonds. The average Bonchev–Trinajstić information content (AvgIpc) is 3.10. The number of anilines is 1. The number of hydrogen-bond donors (Lipinski definition) is 3. The molecular formula is C20H25N5O2S2. The Labute approximate surface area is 177 Å². The Morgan fingerprint density at radius 3 is 2.79 bits per heavy atom. The molecule has 3 rings (SSSR count). The van der Waals surface area contributed by atoms with Gasteiger partial charge >= 0.3 is 0 Å². The van der Waals surface area contributed by atoms with Crippen LogP contribution in [0.15, 0.2) is 46.2 Å². The molecule has 0 aliphatic carbocycles. The van der Waals surface area contributed by atoms with E-state index in [9.17, 15) is 9.59 Å². The van der Waals surface area contributed by atoms with Gasteiger partial charge in [0.15, 0.2) is 0 Å². The Morgan fingerprint density at radius 2 is 2.03 bits per heavy atom. The van der Waals surface area contributed by atoms with Gasteiger partial charge in [-0.15, -0.1) is 11.3 Å². The maximum atomic E-state index is 12.3. The first-order valence-corrected chi connectivity index (χ1v) is 11.3. The standard InChI is InChI=1S/C20H25N5O2S2/c1-25(2)12-16-3-4-17(29-16)13-28-8-7-22-20-23-11-15(19(27)24-20)9-14-5-6-21-18(26)10-14/h3-6,10-11H,7-9,12-13H2,1-2H3,(H,21,26)(H2,22,23,24,27). The van der Waals surface area contributed by atoms with Crippen molar-refractivity contribution in [3.63, 3.8) is 0 Å². The van der Waals surface area contributed by atoms with Crippen LogP contribution in [-0.4, -0.2) is 46.2 Å². The Balaban J connectivity index is 1.43. The molecule has 29 heavy (non-hydrogen) atoms. The second-order valence-electron chi connectivity index (χ2n) is 6.91. The van der Waals surface area contributed by atoms with E-state index in [1.165, 1.54) is 15.8 Å². The molecule has 3 aromatic heterocycles. The Morgan fingerprint density at radius 1 is 1.21 bits per heavy atom. The van der Waals surface area contributed by atoms with Crippen LogP contribution < -0.4 is 16.4 Å². The van der Waals surface area contributed by atoms with Crippen molar-refractivity contribution in [2.45, 2.75) is 18.7 Å². The normalized spacial score (nSPS) is 11.1. The Kier molecular flexibility index (Phi) is 7.68. The van der Waals surface area contributed by atoms with Crippen LogP contribution in [0.3, 0.4) is 0 Å². The number of thioether (sulfide) groups is 1. The molecule has 0 saturated carbocycles. The summed E-state index contributed by atoms with van der Waals surface area (Å²) in [6.45, 7) is 1.70. The van der Waals surface area contributed by atoms with Crippen LogP contribution in [0, 0.1) is 0 Å². The summed E-state index contributed by atoms with van der Waals surface area (Å²) in [6, 6.07) is 7.66. The van der Waals surface area contributed by atoms with E-state index in [4.69, 9.17) is 0 Å². The van der Waals surface area contributed by atoms with Gasteiger partial charge in [-0.2, -0.15) is 11.8 Å². The second-order valence-corrected chi connectivity index (χ2v) is 9.27. The first kappa shape index (κ1) is 21.4. The smallest absolute Gasteiger partial charge is 0.255 e. The van der Waals surface area contributed by atoms with E-state index in [1.54, 1.807) is 18.5 Å². The zero-order chi connectivity index (χ0) is 20.6. The van der Waals surface area contributed by atoms with Crippen LogP contribution in [-0.2, 0) is 18.7 Å². The highest BCUT2D eigenvalue weighted by molar-refractivity contribution is 7.98. The SMILES string of the molecule is CN(C)Cc1ccc(CSCCNc2ncc(Cc3cc[nH]c(=O)c3)c(=O)[nH]2)s1. The average molecular weight is 432 g/mol. The van der Waals surface area contributed by atoms with E-state index >= 15 is 0 Å². The molecule has 154 valence electrons. The van der Waals surface area contributed by atoms with Gasteiger partial charge in [0.05, 0.1) is 0 Å². The molecule has 0 atom stereocenters. The number of pyridine rings is 1. The van der Waals surface area contributed by atoms with Crippen LogP contribution in [0.4, 0.5) is 5.95 Å². The summed E-state index contributed by atoms with van der Waals surface area (Å²) >= 11 is 3.71. The van der Waals surface area contributed by atoms with Crippen molar-refractivity contribution in [2.24, 2.45) is 0 Å². The first-order valence-electron chi connectivity index (χ1n) is 9.29. The maximum absolute atomic E-state index is 12.3. The van der Waals surface area contributed by atoms with Gasteiger partial charge in [0.1, 0.15) is 0 Å². The minimum absolute atomic E-state index is 0.181. The predicted molar refractivity (Wildman–Crippen MR) is 121 cm³/mol. The number of nitrogens with one attached hydrogen (secondary N) is 3. The fourth-order valence-corrected chi connectivity index (χ4v) is 4.87. The van der Waals surface area contributed by atoms with Crippen molar-refractivity contribution in [1.82, 2.24) is 19.9 Å². The summed E-state index contributed by atoms with van der Waals surface area (Å²) < 4.78 is 0. The van der Waals surface area contributed by atoms with E-state index in [-0.39, 0.29) is 11.1 Å². The Hall–Kier alpha value is -2.36. The molecule has 0 unspecified atom stereocenters. The number of thiophene rings is 1. The highest BCUT2D eigenvalue weighted by Crippen LogP contribution is 2.22. The van der Waals surface area contributed by atoms with Crippen molar-refractivity contribution in [3.05, 3.63) is 78.2 Å². The van der Waals surface area contributed by atoms with Gasteiger partial charge in [-0.05, 0) is 37.9 Å². The van der Waals surface area contributed by atoms with Crippen molar-refractivity contribution >= 4 is 29.0 Å². The number of nitrogens with zero attached hydrogens (tertiary/aromatic N) is 2.